The number of sulfonamides is 1. The van der Waals surface area contributed by atoms with E-state index in [1.165, 1.54) is 18.2 Å². The Morgan fingerprint density at radius 3 is 2.35 bits per heavy atom. The normalized spacial score (nSPS) is 13.9. The summed E-state index contributed by atoms with van der Waals surface area (Å²) in [6, 6.07) is 3.04. The third-order valence-electron chi connectivity index (χ3n) is 2.74. The minimum absolute atomic E-state index is 0.137. The first-order valence-electron chi connectivity index (χ1n) is 5.81. The van der Waals surface area contributed by atoms with Crippen molar-refractivity contribution in [1.29, 1.82) is 0 Å². The second kappa shape index (κ2) is 5.69. The summed E-state index contributed by atoms with van der Waals surface area (Å²) >= 11 is 5.92. The molecule has 20 heavy (non-hydrogen) atoms. The molecule has 1 amide bonds. The van der Waals surface area contributed by atoms with Gasteiger partial charge in [0.05, 0.1) is 21.6 Å². The average molecular weight is 320 g/mol. The lowest BCUT2D eigenvalue weighted by Crippen LogP contribution is -2.45. The Balaban J connectivity index is 3.07. The maximum atomic E-state index is 12.0. The SMILES string of the molecule is CC(C)(C)[C@H](N)C(=O)Nc1cc(S(N)(=O)=O)ccc1Cl. The summed E-state index contributed by atoms with van der Waals surface area (Å²) in [5.41, 5.74) is 5.54. The fraction of sp³-hybridized carbons (Fsp3) is 0.417. The molecule has 0 bridgehead atoms. The Labute approximate surface area is 123 Å². The summed E-state index contributed by atoms with van der Waals surface area (Å²) in [6.07, 6.45) is 0. The Morgan fingerprint density at radius 1 is 1.35 bits per heavy atom. The van der Waals surface area contributed by atoms with Crippen molar-refractivity contribution in [3.63, 3.8) is 0 Å². The fourth-order valence-corrected chi connectivity index (χ4v) is 2.09. The summed E-state index contributed by atoms with van der Waals surface area (Å²) in [5, 5.41) is 7.74. The highest BCUT2D eigenvalue weighted by molar-refractivity contribution is 7.89. The van der Waals surface area contributed by atoms with Gasteiger partial charge in [0.2, 0.25) is 15.9 Å². The number of carbonyl (C=O) groups is 1. The lowest BCUT2D eigenvalue weighted by molar-refractivity contribution is -0.119. The van der Waals surface area contributed by atoms with Gasteiger partial charge in [0.15, 0.2) is 0 Å². The number of nitrogens with one attached hydrogen (secondary N) is 1. The summed E-state index contributed by atoms with van der Waals surface area (Å²) < 4.78 is 22.5. The van der Waals surface area contributed by atoms with Gasteiger partial charge in [-0.3, -0.25) is 4.79 Å². The number of amides is 1. The van der Waals surface area contributed by atoms with Crippen molar-refractivity contribution in [2.75, 3.05) is 5.32 Å². The largest absolute Gasteiger partial charge is 0.323 e. The molecular weight excluding hydrogens is 302 g/mol. The van der Waals surface area contributed by atoms with Gasteiger partial charge in [-0.25, -0.2) is 13.6 Å². The highest BCUT2D eigenvalue weighted by Gasteiger charge is 2.28. The second-order valence-corrected chi connectivity index (χ2v) is 7.49. The summed E-state index contributed by atoms with van der Waals surface area (Å²) in [7, 11) is -3.87. The van der Waals surface area contributed by atoms with Crippen LogP contribution >= 0.6 is 11.6 Å². The Morgan fingerprint density at radius 2 is 1.90 bits per heavy atom. The zero-order valence-electron chi connectivity index (χ0n) is 11.5. The molecular formula is C12H18ClN3O3S. The lowest BCUT2D eigenvalue weighted by atomic mass is 9.87. The molecule has 0 spiro atoms. The van der Waals surface area contributed by atoms with Gasteiger partial charge in [-0.2, -0.15) is 0 Å². The van der Waals surface area contributed by atoms with Gasteiger partial charge < -0.3 is 11.1 Å². The summed E-state index contributed by atoms with van der Waals surface area (Å²) in [5.74, 6) is -0.453. The molecule has 0 unspecified atom stereocenters. The molecule has 0 saturated carbocycles. The number of nitrogens with two attached hydrogens (primary N) is 2. The average Bonchev–Trinajstić information content (AvgIpc) is 2.28. The van der Waals surface area contributed by atoms with E-state index >= 15 is 0 Å². The topological polar surface area (TPSA) is 115 Å². The Kier molecular flexibility index (Phi) is 4.81. The number of primary sulfonamides is 1. The highest BCUT2D eigenvalue weighted by Crippen LogP contribution is 2.26. The van der Waals surface area contributed by atoms with Crippen LogP contribution in [0.15, 0.2) is 23.1 Å². The minimum Gasteiger partial charge on any atom is -0.323 e. The van der Waals surface area contributed by atoms with Crippen LogP contribution in [-0.4, -0.2) is 20.4 Å². The third kappa shape index (κ3) is 4.17. The number of hydrogen-bond donors (Lipinski definition) is 3. The minimum atomic E-state index is -3.87. The maximum absolute atomic E-state index is 12.0. The smallest absolute Gasteiger partial charge is 0.241 e. The number of halogens is 1. The molecule has 0 radical (unpaired) electrons. The van der Waals surface area contributed by atoms with Crippen LogP contribution in [0, 0.1) is 5.41 Å². The molecule has 0 fully saturated rings. The van der Waals surface area contributed by atoms with E-state index in [1.807, 2.05) is 20.8 Å². The standard InChI is InChI=1S/C12H18ClN3O3S/c1-12(2,3)10(14)11(17)16-9-6-7(20(15,18)19)4-5-8(9)13/h4-6,10H,14H2,1-3H3,(H,16,17)(H2,15,18,19)/t10-/m1/s1. The first-order valence-corrected chi connectivity index (χ1v) is 7.74. The van der Waals surface area contributed by atoms with Crippen LogP contribution in [0.5, 0.6) is 0 Å². The van der Waals surface area contributed by atoms with Crippen LogP contribution in [-0.2, 0) is 14.8 Å². The van der Waals surface area contributed by atoms with E-state index in [-0.39, 0.29) is 15.6 Å². The summed E-state index contributed by atoms with van der Waals surface area (Å²) in [6.45, 7) is 5.46. The molecule has 0 aromatic heterocycles. The van der Waals surface area contributed by atoms with Crippen molar-refractivity contribution in [2.45, 2.75) is 31.7 Å². The van der Waals surface area contributed by atoms with Crippen LogP contribution in [0.25, 0.3) is 0 Å². The lowest BCUT2D eigenvalue weighted by Gasteiger charge is -2.26. The molecule has 0 aliphatic rings. The number of hydrogen-bond acceptors (Lipinski definition) is 4. The van der Waals surface area contributed by atoms with Crippen LogP contribution in [0.4, 0.5) is 5.69 Å². The summed E-state index contributed by atoms with van der Waals surface area (Å²) in [4.78, 5) is 11.9. The first-order chi connectivity index (χ1) is 8.93. The number of carbonyl (C=O) groups excluding carboxylic acids is 1. The van der Waals surface area contributed by atoms with Crippen LogP contribution < -0.4 is 16.2 Å². The molecule has 0 aliphatic carbocycles. The van der Waals surface area contributed by atoms with Crippen molar-refractivity contribution in [1.82, 2.24) is 0 Å². The van der Waals surface area contributed by atoms with E-state index in [0.29, 0.717) is 0 Å². The van der Waals surface area contributed by atoms with Crippen molar-refractivity contribution in [2.24, 2.45) is 16.3 Å². The predicted octanol–water partition coefficient (Wildman–Crippen LogP) is 1.30. The monoisotopic (exact) mass is 319 g/mol. The first kappa shape index (κ1) is 16.9. The van der Waals surface area contributed by atoms with Gasteiger partial charge in [-0.05, 0) is 23.6 Å². The number of anilines is 1. The van der Waals surface area contributed by atoms with Gasteiger partial charge in [-0.1, -0.05) is 32.4 Å². The van der Waals surface area contributed by atoms with Gasteiger partial charge in [0.25, 0.3) is 0 Å². The second-order valence-electron chi connectivity index (χ2n) is 5.52. The van der Waals surface area contributed by atoms with E-state index in [1.54, 1.807) is 0 Å². The molecule has 0 heterocycles. The quantitative estimate of drug-likeness (QED) is 0.778. The zero-order chi connectivity index (χ0) is 15.7. The molecule has 0 aliphatic heterocycles. The molecule has 0 saturated heterocycles. The van der Waals surface area contributed by atoms with Gasteiger partial charge in [0.1, 0.15) is 0 Å². The molecule has 8 heteroatoms. The van der Waals surface area contributed by atoms with Crippen molar-refractivity contribution in [3.8, 4) is 0 Å². The van der Waals surface area contributed by atoms with Gasteiger partial charge in [-0.15, -0.1) is 0 Å². The van der Waals surface area contributed by atoms with Crippen molar-refractivity contribution < 1.29 is 13.2 Å². The molecule has 1 aromatic carbocycles. The molecule has 6 nitrogen and oxygen atoms in total. The highest BCUT2D eigenvalue weighted by atomic mass is 35.5. The third-order valence-corrected chi connectivity index (χ3v) is 3.98. The molecule has 1 aromatic rings. The van der Waals surface area contributed by atoms with E-state index in [0.717, 1.165) is 0 Å². The molecule has 1 rings (SSSR count). The number of benzene rings is 1. The van der Waals surface area contributed by atoms with Gasteiger partial charge >= 0.3 is 0 Å². The van der Waals surface area contributed by atoms with Crippen LogP contribution in [0.3, 0.4) is 0 Å². The fourth-order valence-electron chi connectivity index (χ4n) is 1.38. The van der Waals surface area contributed by atoms with E-state index in [2.05, 4.69) is 5.32 Å². The predicted molar refractivity (Wildman–Crippen MR) is 78.9 cm³/mol. The van der Waals surface area contributed by atoms with Crippen LogP contribution in [0.2, 0.25) is 5.02 Å². The Hall–Kier alpha value is -1.15. The van der Waals surface area contributed by atoms with Gasteiger partial charge in [0, 0.05) is 0 Å². The molecule has 1 atom stereocenters. The number of rotatable bonds is 3. The maximum Gasteiger partial charge on any atom is 0.241 e. The van der Waals surface area contributed by atoms with E-state index in [9.17, 15) is 13.2 Å². The Bertz CT molecular complexity index is 623. The van der Waals surface area contributed by atoms with Crippen LogP contribution in [0.1, 0.15) is 20.8 Å². The van der Waals surface area contributed by atoms with Crippen molar-refractivity contribution >= 4 is 33.2 Å². The molecule has 112 valence electrons. The van der Waals surface area contributed by atoms with E-state index in [4.69, 9.17) is 22.5 Å². The zero-order valence-corrected chi connectivity index (χ0v) is 13.0. The van der Waals surface area contributed by atoms with E-state index < -0.39 is 27.4 Å². The van der Waals surface area contributed by atoms with Crippen molar-refractivity contribution in [3.05, 3.63) is 23.2 Å². The molecule has 5 N–H and O–H groups in total.